The van der Waals surface area contributed by atoms with Crippen LogP contribution in [0.2, 0.25) is 0 Å². The van der Waals surface area contributed by atoms with E-state index in [-0.39, 0.29) is 0 Å². The third-order valence-corrected chi connectivity index (χ3v) is 3.68. The van der Waals surface area contributed by atoms with Gasteiger partial charge in [-0.05, 0) is 31.5 Å². The lowest BCUT2D eigenvalue weighted by Gasteiger charge is -2.22. The molecule has 1 aromatic carbocycles. The largest absolute Gasteiger partial charge is 0.468 e. The van der Waals surface area contributed by atoms with Gasteiger partial charge in [0.05, 0.1) is 12.8 Å². The molecule has 1 N–H and O–H groups in total. The normalized spacial score (nSPS) is 11.1. The number of hydrogen-bond acceptors (Lipinski definition) is 3. The van der Waals surface area contributed by atoms with Crippen LogP contribution in [0.15, 0.2) is 34.9 Å². The molecule has 0 bridgehead atoms. The second kappa shape index (κ2) is 6.81. The molecule has 3 heteroatoms. The van der Waals surface area contributed by atoms with Crippen molar-refractivity contribution in [1.29, 1.82) is 0 Å². The molecule has 3 nitrogen and oxygen atoms in total. The molecule has 21 heavy (non-hydrogen) atoms. The third kappa shape index (κ3) is 4.11. The van der Waals surface area contributed by atoms with Crippen molar-refractivity contribution in [2.75, 3.05) is 11.9 Å². The zero-order valence-electron chi connectivity index (χ0n) is 13.7. The quantitative estimate of drug-likeness (QED) is 0.869. The molecule has 0 atom stereocenters. The first kappa shape index (κ1) is 15.6. The topological polar surface area (TPSA) is 28.4 Å². The second-order valence-corrected chi connectivity index (χ2v) is 6.05. The van der Waals surface area contributed by atoms with E-state index in [4.69, 9.17) is 4.42 Å². The predicted molar refractivity (Wildman–Crippen MR) is 88.7 cm³/mol. The van der Waals surface area contributed by atoms with Crippen LogP contribution in [0, 0.1) is 13.8 Å². The van der Waals surface area contributed by atoms with E-state index in [1.807, 2.05) is 0 Å². The Hall–Kier alpha value is -1.74. The molecule has 0 amide bonds. The van der Waals surface area contributed by atoms with Gasteiger partial charge in [-0.3, -0.25) is 0 Å². The van der Waals surface area contributed by atoms with Gasteiger partial charge in [-0.2, -0.15) is 0 Å². The van der Waals surface area contributed by atoms with Crippen LogP contribution >= 0.6 is 0 Å². The van der Waals surface area contributed by atoms with Gasteiger partial charge in [-0.15, -0.1) is 0 Å². The molecule has 0 spiro atoms. The Morgan fingerprint density at radius 1 is 1.19 bits per heavy atom. The summed E-state index contributed by atoms with van der Waals surface area (Å²) in [7, 11) is 2.13. The highest BCUT2D eigenvalue weighted by atomic mass is 16.3. The highest BCUT2D eigenvalue weighted by molar-refractivity contribution is 5.54. The summed E-state index contributed by atoms with van der Waals surface area (Å²) in [6.07, 6.45) is 1.78. The number of benzene rings is 1. The fourth-order valence-electron chi connectivity index (χ4n) is 2.53. The molecular formula is C18H26N2O. The Kier molecular flexibility index (Phi) is 5.07. The van der Waals surface area contributed by atoms with Crippen molar-refractivity contribution in [2.45, 2.75) is 46.8 Å². The summed E-state index contributed by atoms with van der Waals surface area (Å²) < 4.78 is 5.61. The molecule has 0 aliphatic heterocycles. The third-order valence-electron chi connectivity index (χ3n) is 3.68. The highest BCUT2D eigenvalue weighted by Crippen LogP contribution is 2.23. The number of anilines is 1. The molecule has 114 valence electrons. The van der Waals surface area contributed by atoms with Gasteiger partial charge >= 0.3 is 0 Å². The number of furan rings is 1. The molecule has 0 unspecified atom stereocenters. The van der Waals surface area contributed by atoms with Crippen molar-refractivity contribution in [3.63, 3.8) is 0 Å². The van der Waals surface area contributed by atoms with Crippen LogP contribution in [0.1, 0.15) is 36.3 Å². The van der Waals surface area contributed by atoms with Crippen LogP contribution in [0.5, 0.6) is 0 Å². The fraction of sp³-hybridized carbons (Fsp3) is 0.444. The first-order chi connectivity index (χ1) is 9.97. The summed E-state index contributed by atoms with van der Waals surface area (Å²) in [5.41, 5.74) is 5.12. The molecule has 1 aromatic heterocycles. The number of nitrogens with one attached hydrogen (secondary N) is 1. The molecule has 1 heterocycles. The summed E-state index contributed by atoms with van der Waals surface area (Å²) in [4.78, 5) is 2.28. The number of nitrogens with zero attached hydrogens (tertiary/aromatic N) is 1. The average Bonchev–Trinajstić information content (AvgIpc) is 2.83. The lowest BCUT2D eigenvalue weighted by atomic mass is 10.1. The van der Waals surface area contributed by atoms with Crippen molar-refractivity contribution < 1.29 is 4.42 Å². The Morgan fingerprint density at radius 3 is 2.62 bits per heavy atom. The molecule has 0 aliphatic rings. The van der Waals surface area contributed by atoms with E-state index >= 15 is 0 Å². The number of rotatable bonds is 6. The Morgan fingerprint density at radius 2 is 1.95 bits per heavy atom. The lowest BCUT2D eigenvalue weighted by molar-refractivity contribution is 0.460. The number of aryl methyl sites for hydroxylation is 2. The van der Waals surface area contributed by atoms with Crippen molar-refractivity contribution >= 4 is 5.69 Å². The van der Waals surface area contributed by atoms with E-state index in [1.54, 1.807) is 6.26 Å². The minimum Gasteiger partial charge on any atom is -0.468 e. The Labute approximate surface area is 128 Å². The Balaban J connectivity index is 2.09. The van der Waals surface area contributed by atoms with Gasteiger partial charge in [-0.1, -0.05) is 31.5 Å². The zero-order valence-corrected chi connectivity index (χ0v) is 13.7. The van der Waals surface area contributed by atoms with Crippen LogP contribution in [0.25, 0.3) is 0 Å². The van der Waals surface area contributed by atoms with Crippen LogP contribution < -0.4 is 10.2 Å². The maximum atomic E-state index is 5.61. The second-order valence-electron chi connectivity index (χ2n) is 6.05. The van der Waals surface area contributed by atoms with Crippen molar-refractivity contribution in [3.05, 3.63) is 53.0 Å². The van der Waals surface area contributed by atoms with Gasteiger partial charge in [0.15, 0.2) is 0 Å². The summed E-state index contributed by atoms with van der Waals surface area (Å²) in [6, 6.07) is 9.10. The molecular weight excluding hydrogens is 260 g/mol. The van der Waals surface area contributed by atoms with Crippen LogP contribution in [0.3, 0.4) is 0 Å². The summed E-state index contributed by atoms with van der Waals surface area (Å²) in [6.45, 7) is 10.2. The van der Waals surface area contributed by atoms with E-state index in [0.717, 1.165) is 18.8 Å². The van der Waals surface area contributed by atoms with Gasteiger partial charge in [0.2, 0.25) is 0 Å². The van der Waals surface area contributed by atoms with Gasteiger partial charge in [-0.25, -0.2) is 0 Å². The summed E-state index contributed by atoms with van der Waals surface area (Å²) >= 11 is 0. The maximum absolute atomic E-state index is 5.61. The monoisotopic (exact) mass is 286 g/mol. The van der Waals surface area contributed by atoms with Gasteiger partial charge < -0.3 is 14.6 Å². The molecule has 0 radical (unpaired) electrons. The average molecular weight is 286 g/mol. The Bertz CT molecular complexity index is 587. The van der Waals surface area contributed by atoms with Crippen molar-refractivity contribution in [1.82, 2.24) is 5.32 Å². The molecule has 0 saturated carbocycles. The van der Waals surface area contributed by atoms with Crippen LogP contribution in [-0.4, -0.2) is 13.1 Å². The number of hydrogen-bond donors (Lipinski definition) is 1. The van der Waals surface area contributed by atoms with E-state index < -0.39 is 0 Å². The van der Waals surface area contributed by atoms with Crippen LogP contribution in [0.4, 0.5) is 5.69 Å². The molecule has 0 saturated heterocycles. The SMILES string of the molecule is Cc1ccc(N(C)Cc2ccoc2CNC(C)C)c(C)c1. The molecule has 0 aliphatic carbocycles. The van der Waals surface area contributed by atoms with Gasteiger partial charge in [0, 0.05) is 30.9 Å². The first-order valence-corrected chi connectivity index (χ1v) is 7.54. The summed E-state index contributed by atoms with van der Waals surface area (Å²) in [5.74, 6) is 1.03. The fourth-order valence-corrected chi connectivity index (χ4v) is 2.53. The van der Waals surface area contributed by atoms with E-state index in [1.165, 1.54) is 22.4 Å². The van der Waals surface area contributed by atoms with E-state index in [0.29, 0.717) is 6.04 Å². The van der Waals surface area contributed by atoms with Crippen LogP contribution in [-0.2, 0) is 13.1 Å². The lowest BCUT2D eigenvalue weighted by Crippen LogP contribution is -2.23. The molecule has 2 rings (SSSR count). The van der Waals surface area contributed by atoms with E-state index in [2.05, 4.69) is 69.2 Å². The minimum absolute atomic E-state index is 0.458. The standard InChI is InChI=1S/C18H26N2O/c1-13(2)19-11-18-16(8-9-21-18)12-20(5)17-7-6-14(3)10-15(17)4/h6-10,13,19H,11-12H2,1-5H3. The molecule has 0 fully saturated rings. The van der Waals surface area contributed by atoms with Gasteiger partial charge in [0.1, 0.15) is 5.76 Å². The maximum Gasteiger partial charge on any atom is 0.122 e. The zero-order chi connectivity index (χ0) is 15.4. The van der Waals surface area contributed by atoms with Gasteiger partial charge in [0.25, 0.3) is 0 Å². The van der Waals surface area contributed by atoms with E-state index in [9.17, 15) is 0 Å². The smallest absolute Gasteiger partial charge is 0.122 e. The summed E-state index contributed by atoms with van der Waals surface area (Å²) in [5, 5.41) is 3.41. The predicted octanol–water partition coefficient (Wildman–Crippen LogP) is 4.03. The minimum atomic E-state index is 0.458. The molecule has 2 aromatic rings. The highest BCUT2D eigenvalue weighted by Gasteiger charge is 2.11. The van der Waals surface area contributed by atoms with Crippen molar-refractivity contribution in [2.24, 2.45) is 0 Å². The first-order valence-electron chi connectivity index (χ1n) is 7.54. The van der Waals surface area contributed by atoms with Crippen molar-refractivity contribution in [3.8, 4) is 0 Å².